The molecule has 4 heteroatoms. The van der Waals surface area contributed by atoms with Gasteiger partial charge in [0.05, 0.1) is 0 Å². The van der Waals surface area contributed by atoms with Gasteiger partial charge in [0.1, 0.15) is 5.82 Å². The van der Waals surface area contributed by atoms with Crippen LogP contribution in [0.25, 0.3) is 0 Å². The molecule has 0 fully saturated rings. The minimum absolute atomic E-state index is 0.248. The van der Waals surface area contributed by atoms with Gasteiger partial charge in [0.2, 0.25) is 0 Å². The van der Waals surface area contributed by atoms with Crippen LogP contribution in [0.2, 0.25) is 0 Å². The molecule has 0 saturated heterocycles. The highest BCUT2D eigenvalue weighted by Gasteiger charge is 2.09. The van der Waals surface area contributed by atoms with Gasteiger partial charge in [-0.3, -0.25) is 4.21 Å². The van der Waals surface area contributed by atoms with Gasteiger partial charge < -0.3 is 5.73 Å². The van der Waals surface area contributed by atoms with E-state index in [2.05, 4.69) is 0 Å². The standard InChI is InChI=1S/C12H18FNOS/c1-9(6-14)7-16(15)8-11-3-4-12(13)5-10(11)2/h3-5,9H,6-8,14H2,1-2H3. The van der Waals surface area contributed by atoms with Gasteiger partial charge in [-0.15, -0.1) is 0 Å². The van der Waals surface area contributed by atoms with Crippen molar-refractivity contribution in [1.82, 2.24) is 0 Å². The summed E-state index contributed by atoms with van der Waals surface area (Å²) in [4.78, 5) is 0. The van der Waals surface area contributed by atoms with E-state index in [1.807, 2.05) is 13.8 Å². The van der Waals surface area contributed by atoms with Gasteiger partial charge in [0, 0.05) is 22.3 Å². The molecule has 2 atom stereocenters. The van der Waals surface area contributed by atoms with Gasteiger partial charge in [-0.2, -0.15) is 0 Å². The van der Waals surface area contributed by atoms with E-state index >= 15 is 0 Å². The molecule has 2 nitrogen and oxygen atoms in total. The predicted octanol–water partition coefficient (Wildman–Crippen LogP) is 1.98. The van der Waals surface area contributed by atoms with E-state index < -0.39 is 10.8 Å². The monoisotopic (exact) mass is 243 g/mol. The third-order valence-electron chi connectivity index (χ3n) is 2.49. The molecule has 1 aromatic carbocycles. The first kappa shape index (κ1) is 13.3. The molecular weight excluding hydrogens is 225 g/mol. The molecule has 0 bridgehead atoms. The number of rotatable bonds is 5. The Morgan fingerprint density at radius 3 is 2.75 bits per heavy atom. The van der Waals surface area contributed by atoms with Crippen LogP contribution in [0, 0.1) is 18.7 Å². The molecule has 0 heterocycles. The van der Waals surface area contributed by atoms with Crippen LogP contribution in [0.3, 0.4) is 0 Å². The number of halogens is 1. The number of nitrogens with two attached hydrogens (primary N) is 1. The van der Waals surface area contributed by atoms with E-state index in [0.29, 0.717) is 18.1 Å². The summed E-state index contributed by atoms with van der Waals surface area (Å²) in [5, 5.41) is 0. The number of hydrogen-bond donors (Lipinski definition) is 1. The molecule has 0 amide bonds. The van der Waals surface area contributed by atoms with Crippen LogP contribution in [-0.4, -0.2) is 16.5 Å². The van der Waals surface area contributed by atoms with E-state index in [1.165, 1.54) is 12.1 Å². The SMILES string of the molecule is Cc1cc(F)ccc1CS(=O)CC(C)CN. The first-order valence-corrected chi connectivity index (χ1v) is 6.81. The van der Waals surface area contributed by atoms with Gasteiger partial charge in [-0.25, -0.2) is 4.39 Å². The molecule has 1 rings (SSSR count). The van der Waals surface area contributed by atoms with E-state index in [4.69, 9.17) is 5.73 Å². The zero-order valence-electron chi connectivity index (χ0n) is 9.70. The summed E-state index contributed by atoms with van der Waals surface area (Å²) in [6.45, 7) is 4.37. The van der Waals surface area contributed by atoms with E-state index in [-0.39, 0.29) is 11.7 Å². The Hall–Kier alpha value is -0.740. The van der Waals surface area contributed by atoms with Crippen molar-refractivity contribution in [3.63, 3.8) is 0 Å². The quantitative estimate of drug-likeness (QED) is 0.859. The van der Waals surface area contributed by atoms with Crippen LogP contribution in [0.1, 0.15) is 18.1 Å². The van der Waals surface area contributed by atoms with Crippen molar-refractivity contribution in [3.8, 4) is 0 Å². The average Bonchev–Trinajstić information content (AvgIpc) is 2.22. The van der Waals surface area contributed by atoms with Crippen LogP contribution in [-0.2, 0) is 16.6 Å². The molecule has 1 aromatic rings. The number of hydrogen-bond acceptors (Lipinski definition) is 2. The second-order valence-electron chi connectivity index (χ2n) is 4.16. The first-order chi connectivity index (χ1) is 7.52. The van der Waals surface area contributed by atoms with Crippen molar-refractivity contribution < 1.29 is 8.60 Å². The first-order valence-electron chi connectivity index (χ1n) is 5.33. The smallest absolute Gasteiger partial charge is 0.123 e. The Bertz CT molecular complexity index is 381. The highest BCUT2D eigenvalue weighted by Crippen LogP contribution is 2.13. The molecule has 0 radical (unpaired) electrons. The normalized spacial score (nSPS) is 14.8. The minimum atomic E-state index is -0.920. The molecule has 0 saturated carbocycles. The lowest BCUT2D eigenvalue weighted by Gasteiger charge is -2.09. The van der Waals surface area contributed by atoms with E-state index in [0.717, 1.165) is 11.1 Å². The maximum absolute atomic E-state index is 12.9. The lowest BCUT2D eigenvalue weighted by atomic mass is 10.1. The van der Waals surface area contributed by atoms with Crippen LogP contribution in [0.4, 0.5) is 4.39 Å². The molecule has 0 aromatic heterocycles. The Kier molecular flexibility index (Phi) is 5.09. The molecule has 2 N–H and O–H groups in total. The van der Waals surface area contributed by atoms with Gasteiger partial charge in [-0.05, 0) is 42.6 Å². The Balaban J connectivity index is 2.63. The molecule has 16 heavy (non-hydrogen) atoms. The van der Waals surface area contributed by atoms with Gasteiger partial charge in [0.15, 0.2) is 0 Å². The van der Waals surface area contributed by atoms with Crippen molar-refractivity contribution in [1.29, 1.82) is 0 Å². The average molecular weight is 243 g/mol. The second-order valence-corrected chi connectivity index (χ2v) is 5.66. The molecule has 0 aliphatic carbocycles. The predicted molar refractivity (Wildman–Crippen MR) is 66.1 cm³/mol. The Morgan fingerprint density at radius 1 is 1.50 bits per heavy atom. The van der Waals surface area contributed by atoms with Crippen LogP contribution in [0.5, 0.6) is 0 Å². The van der Waals surface area contributed by atoms with Gasteiger partial charge in [-0.1, -0.05) is 13.0 Å². The lowest BCUT2D eigenvalue weighted by molar-refractivity contribution is 0.625. The van der Waals surface area contributed by atoms with Crippen molar-refractivity contribution in [2.24, 2.45) is 11.7 Å². The third-order valence-corrected chi connectivity index (χ3v) is 4.07. The van der Waals surface area contributed by atoms with Crippen molar-refractivity contribution in [2.75, 3.05) is 12.3 Å². The second kappa shape index (κ2) is 6.11. The lowest BCUT2D eigenvalue weighted by Crippen LogP contribution is -2.18. The fourth-order valence-corrected chi connectivity index (χ4v) is 3.00. The molecule has 90 valence electrons. The summed E-state index contributed by atoms with van der Waals surface area (Å²) in [5.41, 5.74) is 7.28. The van der Waals surface area contributed by atoms with Crippen LogP contribution >= 0.6 is 0 Å². The highest BCUT2D eigenvalue weighted by molar-refractivity contribution is 7.84. The zero-order chi connectivity index (χ0) is 12.1. The summed E-state index contributed by atoms with van der Waals surface area (Å²) >= 11 is 0. The number of aryl methyl sites for hydroxylation is 1. The highest BCUT2D eigenvalue weighted by atomic mass is 32.2. The summed E-state index contributed by atoms with van der Waals surface area (Å²) in [6.07, 6.45) is 0. The molecule has 2 unspecified atom stereocenters. The van der Waals surface area contributed by atoms with E-state index in [1.54, 1.807) is 6.07 Å². The maximum Gasteiger partial charge on any atom is 0.123 e. The number of benzene rings is 1. The molecular formula is C12H18FNOS. The van der Waals surface area contributed by atoms with E-state index in [9.17, 15) is 8.60 Å². The van der Waals surface area contributed by atoms with Crippen LogP contribution < -0.4 is 5.73 Å². The van der Waals surface area contributed by atoms with Crippen molar-refractivity contribution in [3.05, 3.63) is 35.1 Å². The minimum Gasteiger partial charge on any atom is -0.330 e. The summed E-state index contributed by atoms with van der Waals surface area (Å²) < 4.78 is 24.6. The zero-order valence-corrected chi connectivity index (χ0v) is 10.5. The molecule has 0 spiro atoms. The van der Waals surface area contributed by atoms with Gasteiger partial charge >= 0.3 is 0 Å². The maximum atomic E-state index is 12.9. The summed E-state index contributed by atoms with van der Waals surface area (Å²) in [6, 6.07) is 4.58. The van der Waals surface area contributed by atoms with Gasteiger partial charge in [0.25, 0.3) is 0 Å². The Morgan fingerprint density at radius 2 is 2.19 bits per heavy atom. The van der Waals surface area contributed by atoms with Crippen LogP contribution in [0.15, 0.2) is 18.2 Å². The topological polar surface area (TPSA) is 43.1 Å². The third kappa shape index (κ3) is 4.02. The van der Waals surface area contributed by atoms with Crippen molar-refractivity contribution in [2.45, 2.75) is 19.6 Å². The molecule has 0 aliphatic rings. The molecule has 0 aliphatic heterocycles. The summed E-state index contributed by atoms with van der Waals surface area (Å²) in [7, 11) is -0.920. The Labute approximate surface area is 98.5 Å². The van der Waals surface area contributed by atoms with Crippen molar-refractivity contribution >= 4 is 10.8 Å². The largest absolute Gasteiger partial charge is 0.330 e. The fourth-order valence-electron chi connectivity index (χ4n) is 1.44. The summed E-state index contributed by atoms with van der Waals surface area (Å²) in [5.74, 6) is 1.10. The fraction of sp³-hybridized carbons (Fsp3) is 0.500.